The summed E-state index contributed by atoms with van der Waals surface area (Å²) in [5, 5.41) is 10.6. The molecule has 1 heterocycles. The van der Waals surface area contributed by atoms with Gasteiger partial charge in [0.25, 0.3) is 5.56 Å². The second-order valence-electron chi connectivity index (χ2n) is 6.77. The molecule has 0 fully saturated rings. The highest BCUT2D eigenvalue weighted by atomic mass is 35.5. The fourth-order valence-electron chi connectivity index (χ4n) is 3.20. The van der Waals surface area contributed by atoms with Gasteiger partial charge in [-0.1, -0.05) is 58.5 Å². The lowest BCUT2D eigenvalue weighted by molar-refractivity contribution is 0.0697. The van der Waals surface area contributed by atoms with Crippen molar-refractivity contribution in [2.24, 2.45) is 0 Å². The van der Waals surface area contributed by atoms with Gasteiger partial charge in [-0.3, -0.25) is 4.79 Å². The molecule has 1 N–H and O–H groups in total. The highest BCUT2D eigenvalue weighted by Gasteiger charge is 2.14. The van der Waals surface area contributed by atoms with Crippen LogP contribution in [-0.4, -0.2) is 15.6 Å². The maximum absolute atomic E-state index is 12.7. The molecule has 0 radical (unpaired) electrons. The van der Waals surface area contributed by atoms with Gasteiger partial charge in [-0.25, -0.2) is 4.79 Å². The van der Waals surface area contributed by atoms with Crippen LogP contribution in [0, 0.1) is 0 Å². The van der Waals surface area contributed by atoms with E-state index in [1.807, 2.05) is 12.1 Å². The quantitative estimate of drug-likeness (QED) is 0.435. The molecule has 2 aromatic carbocycles. The van der Waals surface area contributed by atoms with Crippen molar-refractivity contribution >= 4 is 52.4 Å². The summed E-state index contributed by atoms with van der Waals surface area (Å²) in [4.78, 5) is 23.7. The van der Waals surface area contributed by atoms with Gasteiger partial charge < -0.3 is 9.67 Å². The normalized spacial score (nSPS) is 10.9. The van der Waals surface area contributed by atoms with Gasteiger partial charge >= 0.3 is 5.97 Å². The Hall–Kier alpha value is -1.98. The van der Waals surface area contributed by atoms with Gasteiger partial charge in [-0.2, -0.15) is 0 Å². The maximum atomic E-state index is 12.7. The first kappa shape index (κ1) is 22.7. The molecule has 0 aliphatic heterocycles. The minimum absolute atomic E-state index is 0.0516. The van der Waals surface area contributed by atoms with Gasteiger partial charge in [0.15, 0.2) is 0 Å². The van der Waals surface area contributed by atoms with Crippen molar-refractivity contribution in [2.75, 3.05) is 0 Å². The van der Waals surface area contributed by atoms with Crippen LogP contribution in [-0.2, 0) is 25.8 Å². The lowest BCUT2D eigenvalue weighted by Crippen LogP contribution is -2.25. The molecule has 8 heteroatoms. The van der Waals surface area contributed by atoms with Gasteiger partial charge in [0.2, 0.25) is 0 Å². The summed E-state index contributed by atoms with van der Waals surface area (Å²) in [6, 6.07) is 13.3. The summed E-state index contributed by atoms with van der Waals surface area (Å²) in [6.45, 7) is 0.358. The molecule has 3 aromatic rings. The molecule has 30 heavy (non-hydrogen) atoms. The molecule has 0 amide bonds. The van der Waals surface area contributed by atoms with Crippen molar-refractivity contribution < 1.29 is 9.90 Å². The number of pyridine rings is 1. The summed E-state index contributed by atoms with van der Waals surface area (Å²) in [5.41, 5.74) is 2.40. The van der Waals surface area contributed by atoms with Gasteiger partial charge in [0, 0.05) is 22.3 Å². The van der Waals surface area contributed by atoms with Crippen molar-refractivity contribution in [1.82, 2.24) is 4.57 Å². The average molecular weight is 485 g/mol. The number of carbonyl (C=O) groups is 1. The zero-order valence-electron chi connectivity index (χ0n) is 15.7. The third kappa shape index (κ3) is 5.58. The van der Waals surface area contributed by atoms with Crippen molar-refractivity contribution in [1.29, 1.82) is 0 Å². The molecule has 4 nitrogen and oxygen atoms in total. The molecule has 156 valence electrons. The van der Waals surface area contributed by atoms with E-state index < -0.39 is 5.97 Å². The van der Waals surface area contributed by atoms with Crippen LogP contribution >= 0.6 is 46.4 Å². The van der Waals surface area contributed by atoms with Crippen LogP contribution in [0.1, 0.15) is 27.2 Å². The van der Waals surface area contributed by atoms with E-state index in [1.54, 1.807) is 22.8 Å². The van der Waals surface area contributed by atoms with Gasteiger partial charge in [-0.15, -0.1) is 0 Å². The molecule has 0 aliphatic carbocycles. The Labute approximate surface area is 193 Å². The minimum atomic E-state index is -0.984. The Morgan fingerprint density at radius 1 is 0.800 bits per heavy atom. The van der Waals surface area contributed by atoms with Gasteiger partial charge in [0.1, 0.15) is 5.02 Å². The number of hydrogen-bond acceptors (Lipinski definition) is 2. The third-order valence-corrected chi connectivity index (χ3v) is 5.74. The van der Waals surface area contributed by atoms with E-state index in [-0.39, 0.29) is 16.1 Å². The topological polar surface area (TPSA) is 59.3 Å². The van der Waals surface area contributed by atoms with Crippen LogP contribution in [0.5, 0.6) is 0 Å². The summed E-state index contributed by atoms with van der Waals surface area (Å²) in [5.74, 6) is -0.984. The Balaban J connectivity index is 1.84. The fourth-order valence-corrected chi connectivity index (χ4v) is 4.34. The Morgan fingerprint density at radius 2 is 1.43 bits per heavy atom. The lowest BCUT2D eigenvalue weighted by Gasteiger charge is -2.16. The van der Waals surface area contributed by atoms with Crippen LogP contribution < -0.4 is 5.56 Å². The molecule has 0 spiro atoms. The number of halogens is 4. The Morgan fingerprint density at radius 3 is 2.03 bits per heavy atom. The zero-order chi connectivity index (χ0) is 21.8. The standard InChI is InChI=1S/C22H17Cl4NO3/c23-16-9-14(10-17(24)11-16)3-6-20-18(25)12-19(26)21(28)27(20)8-7-13-1-4-15(5-2-13)22(29)30/h1-2,4-5,9-12H,3,6-8H2,(H,29,30). The second kappa shape index (κ2) is 9.88. The number of aromatic nitrogens is 1. The fraction of sp³-hybridized carbons (Fsp3) is 0.182. The predicted molar refractivity (Wildman–Crippen MR) is 122 cm³/mol. The first-order valence-corrected chi connectivity index (χ1v) is 10.6. The van der Waals surface area contributed by atoms with E-state index in [9.17, 15) is 9.59 Å². The maximum Gasteiger partial charge on any atom is 0.335 e. The summed E-state index contributed by atoms with van der Waals surface area (Å²) in [7, 11) is 0. The van der Waals surface area contributed by atoms with Crippen LogP contribution in [0.4, 0.5) is 0 Å². The molecule has 0 bridgehead atoms. The van der Waals surface area contributed by atoms with Crippen LogP contribution in [0.15, 0.2) is 53.3 Å². The van der Waals surface area contributed by atoms with Crippen molar-refractivity contribution in [2.45, 2.75) is 25.8 Å². The smallest absolute Gasteiger partial charge is 0.335 e. The number of aryl methyl sites for hydroxylation is 2. The highest BCUT2D eigenvalue weighted by Crippen LogP contribution is 2.23. The second-order valence-corrected chi connectivity index (χ2v) is 8.46. The summed E-state index contributed by atoms with van der Waals surface area (Å²) >= 11 is 24.6. The van der Waals surface area contributed by atoms with E-state index in [0.717, 1.165) is 11.1 Å². The molecule has 0 saturated carbocycles. The number of rotatable bonds is 7. The van der Waals surface area contributed by atoms with E-state index in [1.165, 1.54) is 18.2 Å². The van der Waals surface area contributed by atoms with Crippen LogP contribution in [0.25, 0.3) is 0 Å². The molecule has 0 atom stereocenters. The Bertz CT molecular complexity index is 1120. The number of nitrogens with zero attached hydrogens (tertiary/aromatic N) is 1. The molecule has 3 rings (SSSR count). The van der Waals surface area contributed by atoms with E-state index in [4.69, 9.17) is 51.5 Å². The number of aromatic carboxylic acids is 1. The first-order valence-electron chi connectivity index (χ1n) is 9.09. The van der Waals surface area contributed by atoms with E-state index in [2.05, 4.69) is 0 Å². The van der Waals surface area contributed by atoms with Gasteiger partial charge in [-0.05, 0) is 66.8 Å². The molecule has 0 unspecified atom stereocenters. The molecular weight excluding hydrogens is 468 g/mol. The van der Waals surface area contributed by atoms with Crippen molar-refractivity contribution in [3.8, 4) is 0 Å². The third-order valence-electron chi connectivity index (χ3n) is 4.70. The number of hydrogen-bond donors (Lipinski definition) is 1. The van der Waals surface area contributed by atoms with Crippen molar-refractivity contribution in [3.05, 3.63) is 101 Å². The molecular formula is C22H17Cl4NO3. The average Bonchev–Trinajstić information content (AvgIpc) is 2.68. The molecule has 1 aromatic heterocycles. The summed E-state index contributed by atoms with van der Waals surface area (Å²) in [6.07, 6.45) is 1.61. The predicted octanol–water partition coefficient (Wildman–Crippen LogP) is 6.19. The Kier molecular flexibility index (Phi) is 7.48. The monoisotopic (exact) mass is 483 g/mol. The lowest BCUT2D eigenvalue weighted by atomic mass is 10.1. The highest BCUT2D eigenvalue weighted by molar-refractivity contribution is 6.35. The van der Waals surface area contributed by atoms with Crippen LogP contribution in [0.3, 0.4) is 0 Å². The number of carboxylic acids is 1. The largest absolute Gasteiger partial charge is 0.478 e. The number of carboxylic acid groups (broad SMARTS) is 1. The zero-order valence-corrected chi connectivity index (χ0v) is 18.7. The first-order chi connectivity index (χ1) is 14.2. The minimum Gasteiger partial charge on any atom is -0.478 e. The summed E-state index contributed by atoms with van der Waals surface area (Å²) < 4.78 is 1.57. The van der Waals surface area contributed by atoms with E-state index in [0.29, 0.717) is 46.6 Å². The van der Waals surface area contributed by atoms with Crippen LogP contribution in [0.2, 0.25) is 20.1 Å². The van der Waals surface area contributed by atoms with Gasteiger partial charge in [0.05, 0.1) is 10.6 Å². The SMILES string of the molecule is O=C(O)c1ccc(CCn2c(CCc3cc(Cl)cc(Cl)c3)c(Cl)cc(Cl)c2=O)cc1. The molecule has 0 aliphatic rings. The number of benzene rings is 2. The molecule has 0 saturated heterocycles. The van der Waals surface area contributed by atoms with E-state index >= 15 is 0 Å². The van der Waals surface area contributed by atoms with Crippen molar-refractivity contribution in [3.63, 3.8) is 0 Å².